The molecule has 2 aromatic rings. The Bertz CT molecular complexity index is 651. The lowest BCUT2D eigenvalue weighted by atomic mass is 10.2. The van der Waals surface area contributed by atoms with Crippen molar-refractivity contribution in [1.82, 2.24) is 9.78 Å². The number of hydrogen-bond donors (Lipinski definition) is 1. The molecule has 2 rings (SSSR count). The summed E-state index contributed by atoms with van der Waals surface area (Å²) in [6.45, 7) is 0. The van der Waals surface area contributed by atoms with Crippen molar-refractivity contribution in [2.75, 3.05) is 12.4 Å². The standard InChI is InChI=1S/C11H9F3N4O2/c1-15-8-2-9(4-10(3-8)18(19)20)17-6-7(5-16-17)11(12,13)14/h2-6,15H,1H3. The molecular formula is C11H9F3N4O2. The normalized spacial score (nSPS) is 11.4. The summed E-state index contributed by atoms with van der Waals surface area (Å²) >= 11 is 0. The molecule has 1 N–H and O–H groups in total. The van der Waals surface area contributed by atoms with Crippen LogP contribution in [0.1, 0.15) is 5.56 Å². The predicted molar refractivity (Wildman–Crippen MR) is 64.8 cm³/mol. The zero-order valence-corrected chi connectivity index (χ0v) is 10.2. The number of rotatable bonds is 3. The number of benzene rings is 1. The van der Waals surface area contributed by atoms with Gasteiger partial charge in [0.15, 0.2) is 0 Å². The number of non-ortho nitro benzene ring substituents is 1. The molecule has 9 heteroatoms. The van der Waals surface area contributed by atoms with E-state index in [0.29, 0.717) is 11.9 Å². The van der Waals surface area contributed by atoms with Crippen LogP contribution in [0.3, 0.4) is 0 Å². The van der Waals surface area contributed by atoms with Gasteiger partial charge in [-0.2, -0.15) is 18.3 Å². The van der Waals surface area contributed by atoms with Gasteiger partial charge in [-0.3, -0.25) is 10.1 Å². The van der Waals surface area contributed by atoms with Crippen molar-refractivity contribution in [2.45, 2.75) is 6.18 Å². The Morgan fingerprint density at radius 1 is 1.35 bits per heavy atom. The Morgan fingerprint density at radius 3 is 2.55 bits per heavy atom. The monoisotopic (exact) mass is 286 g/mol. The molecule has 0 bridgehead atoms. The van der Waals surface area contributed by atoms with E-state index in [4.69, 9.17) is 0 Å². The van der Waals surface area contributed by atoms with Gasteiger partial charge in [-0.25, -0.2) is 4.68 Å². The highest BCUT2D eigenvalue weighted by atomic mass is 19.4. The molecule has 0 fully saturated rings. The molecule has 0 amide bonds. The van der Waals surface area contributed by atoms with Crippen molar-refractivity contribution in [1.29, 1.82) is 0 Å². The molecule has 20 heavy (non-hydrogen) atoms. The van der Waals surface area contributed by atoms with Crippen molar-refractivity contribution < 1.29 is 18.1 Å². The summed E-state index contributed by atoms with van der Waals surface area (Å²) in [7, 11) is 1.55. The van der Waals surface area contributed by atoms with Crippen LogP contribution < -0.4 is 5.32 Å². The number of halogens is 3. The number of anilines is 1. The van der Waals surface area contributed by atoms with Crippen LogP contribution >= 0.6 is 0 Å². The molecule has 0 atom stereocenters. The summed E-state index contributed by atoms with van der Waals surface area (Å²) in [5.41, 5.74) is -0.594. The van der Waals surface area contributed by atoms with Crippen LogP contribution in [0, 0.1) is 10.1 Å². The van der Waals surface area contributed by atoms with E-state index < -0.39 is 16.7 Å². The minimum Gasteiger partial charge on any atom is -0.388 e. The van der Waals surface area contributed by atoms with Crippen LogP contribution in [0.4, 0.5) is 24.5 Å². The van der Waals surface area contributed by atoms with E-state index in [-0.39, 0.29) is 11.4 Å². The maximum Gasteiger partial charge on any atom is 0.419 e. The van der Waals surface area contributed by atoms with Gasteiger partial charge in [0.25, 0.3) is 5.69 Å². The van der Waals surface area contributed by atoms with E-state index in [2.05, 4.69) is 10.4 Å². The Hall–Kier alpha value is -2.58. The summed E-state index contributed by atoms with van der Waals surface area (Å²) in [4.78, 5) is 10.2. The van der Waals surface area contributed by atoms with Crippen LogP contribution in [0.2, 0.25) is 0 Å². The average molecular weight is 286 g/mol. The van der Waals surface area contributed by atoms with Gasteiger partial charge < -0.3 is 5.32 Å². The van der Waals surface area contributed by atoms with E-state index in [1.807, 2.05) is 0 Å². The maximum atomic E-state index is 12.5. The molecule has 1 aromatic heterocycles. The van der Waals surface area contributed by atoms with Gasteiger partial charge in [-0.15, -0.1) is 0 Å². The van der Waals surface area contributed by atoms with Crippen LogP contribution in [0.5, 0.6) is 0 Å². The van der Waals surface area contributed by atoms with Gasteiger partial charge in [-0.1, -0.05) is 0 Å². The summed E-state index contributed by atoms with van der Waals surface area (Å²) in [5.74, 6) is 0. The van der Waals surface area contributed by atoms with Crippen molar-refractivity contribution in [2.24, 2.45) is 0 Å². The molecule has 0 unspecified atom stereocenters. The Kier molecular flexibility index (Phi) is 3.35. The quantitative estimate of drug-likeness (QED) is 0.695. The number of nitro benzene ring substituents is 1. The first-order valence-corrected chi connectivity index (χ1v) is 5.41. The van der Waals surface area contributed by atoms with Crippen LogP contribution in [-0.4, -0.2) is 21.8 Å². The third-order valence-corrected chi connectivity index (χ3v) is 2.58. The molecule has 0 saturated carbocycles. The first kappa shape index (κ1) is 13.8. The predicted octanol–water partition coefficient (Wildman–Crippen LogP) is 2.84. The molecule has 6 nitrogen and oxygen atoms in total. The first-order valence-electron chi connectivity index (χ1n) is 5.41. The second-order valence-corrected chi connectivity index (χ2v) is 3.92. The molecule has 1 aromatic carbocycles. The molecule has 106 valence electrons. The second-order valence-electron chi connectivity index (χ2n) is 3.92. The van der Waals surface area contributed by atoms with Gasteiger partial charge in [0.1, 0.15) is 0 Å². The zero-order valence-electron chi connectivity index (χ0n) is 10.2. The number of nitro groups is 1. The van der Waals surface area contributed by atoms with E-state index >= 15 is 0 Å². The molecule has 0 saturated heterocycles. The maximum absolute atomic E-state index is 12.5. The SMILES string of the molecule is CNc1cc(-n2cc(C(F)(F)F)cn2)cc([N+](=O)[O-])c1. The summed E-state index contributed by atoms with van der Waals surface area (Å²) in [5, 5.41) is 17.1. The highest BCUT2D eigenvalue weighted by Gasteiger charge is 2.32. The zero-order chi connectivity index (χ0) is 14.9. The van der Waals surface area contributed by atoms with Crippen molar-refractivity contribution >= 4 is 11.4 Å². The largest absolute Gasteiger partial charge is 0.419 e. The molecule has 0 aliphatic heterocycles. The fraction of sp³-hybridized carbons (Fsp3) is 0.182. The van der Waals surface area contributed by atoms with Crippen LogP contribution in [0.25, 0.3) is 5.69 Å². The first-order chi connectivity index (χ1) is 9.31. The van der Waals surface area contributed by atoms with Gasteiger partial charge >= 0.3 is 6.18 Å². The summed E-state index contributed by atoms with van der Waals surface area (Å²) in [6.07, 6.45) is -3.07. The molecule has 1 heterocycles. The average Bonchev–Trinajstić information content (AvgIpc) is 2.87. The van der Waals surface area contributed by atoms with Gasteiger partial charge in [-0.05, 0) is 6.07 Å². The van der Waals surface area contributed by atoms with Crippen molar-refractivity contribution in [3.8, 4) is 5.69 Å². The topological polar surface area (TPSA) is 73.0 Å². The molecule has 0 spiro atoms. The fourth-order valence-electron chi connectivity index (χ4n) is 1.59. The number of aromatic nitrogens is 2. The van der Waals surface area contributed by atoms with Crippen molar-refractivity contribution in [3.05, 3.63) is 46.3 Å². The highest BCUT2D eigenvalue weighted by Crippen LogP contribution is 2.30. The molecule has 0 radical (unpaired) electrons. The fourth-order valence-corrected chi connectivity index (χ4v) is 1.59. The third kappa shape index (κ3) is 2.71. The van der Waals surface area contributed by atoms with Crippen molar-refractivity contribution in [3.63, 3.8) is 0 Å². The van der Waals surface area contributed by atoms with E-state index in [1.54, 1.807) is 7.05 Å². The van der Waals surface area contributed by atoms with E-state index in [0.717, 1.165) is 16.9 Å². The lowest BCUT2D eigenvalue weighted by Crippen LogP contribution is -2.03. The van der Waals surface area contributed by atoms with E-state index in [9.17, 15) is 23.3 Å². The number of nitrogens with one attached hydrogen (secondary N) is 1. The lowest BCUT2D eigenvalue weighted by Gasteiger charge is -2.06. The lowest BCUT2D eigenvalue weighted by molar-refractivity contribution is -0.384. The number of hydrogen-bond acceptors (Lipinski definition) is 4. The second kappa shape index (κ2) is 4.83. The molecule has 0 aliphatic rings. The number of alkyl halides is 3. The van der Waals surface area contributed by atoms with Gasteiger partial charge in [0.2, 0.25) is 0 Å². The Labute approximate surface area is 111 Å². The molecular weight excluding hydrogens is 277 g/mol. The van der Waals surface area contributed by atoms with Crippen LogP contribution in [0.15, 0.2) is 30.6 Å². The van der Waals surface area contributed by atoms with Crippen LogP contribution in [-0.2, 0) is 6.18 Å². The Morgan fingerprint density at radius 2 is 2.05 bits per heavy atom. The summed E-state index contributed by atoms with van der Waals surface area (Å²) in [6, 6.07) is 3.88. The highest BCUT2D eigenvalue weighted by molar-refractivity contribution is 5.58. The van der Waals surface area contributed by atoms with E-state index in [1.165, 1.54) is 12.1 Å². The Balaban J connectivity index is 2.49. The smallest absolute Gasteiger partial charge is 0.388 e. The molecule has 0 aliphatic carbocycles. The third-order valence-electron chi connectivity index (χ3n) is 2.58. The van der Waals surface area contributed by atoms with Gasteiger partial charge in [0.05, 0.1) is 22.4 Å². The minimum absolute atomic E-state index is 0.166. The van der Waals surface area contributed by atoms with Gasteiger partial charge in [0, 0.05) is 31.1 Å². The number of nitrogens with zero attached hydrogens (tertiary/aromatic N) is 3. The minimum atomic E-state index is -4.51. The summed E-state index contributed by atoms with van der Waals surface area (Å²) < 4.78 is 38.4.